The normalized spacial score (nSPS) is 13.3. The lowest BCUT2D eigenvalue weighted by Crippen LogP contribution is -2.42. The number of para-hydroxylation sites is 2. The van der Waals surface area contributed by atoms with Crippen molar-refractivity contribution in [1.82, 2.24) is 10.2 Å². The Hall–Kier alpha value is -2.29. The van der Waals surface area contributed by atoms with Gasteiger partial charge >= 0.3 is 0 Å². The molecule has 2 aromatic rings. The maximum atomic E-state index is 12.2. The molecule has 2 aromatic carbocycles. The van der Waals surface area contributed by atoms with Gasteiger partial charge in [0.1, 0.15) is 5.75 Å². The molecule has 0 aliphatic carbocycles. The van der Waals surface area contributed by atoms with Gasteiger partial charge in [0.05, 0.1) is 5.69 Å². The van der Waals surface area contributed by atoms with Crippen LogP contribution in [0.25, 0.3) is 0 Å². The van der Waals surface area contributed by atoms with Gasteiger partial charge in [-0.3, -0.25) is 9.79 Å². The summed E-state index contributed by atoms with van der Waals surface area (Å²) in [5.41, 5.74) is 2.08. The summed E-state index contributed by atoms with van der Waals surface area (Å²) >= 11 is 0. The van der Waals surface area contributed by atoms with Gasteiger partial charge in [0.2, 0.25) is 0 Å². The highest BCUT2D eigenvalue weighted by Gasteiger charge is 2.24. The van der Waals surface area contributed by atoms with Gasteiger partial charge < -0.3 is 19.9 Å². The zero-order valence-corrected chi connectivity index (χ0v) is 18.6. The summed E-state index contributed by atoms with van der Waals surface area (Å²) in [5.74, 6) is 1.61. The molecule has 0 aromatic heterocycles. The fraction of sp³-hybridized carbons (Fsp3) is 0.333. The molecule has 28 heavy (non-hydrogen) atoms. The molecule has 1 N–H and O–H groups in total. The average molecular weight is 494 g/mol. The number of guanidine groups is 1. The lowest BCUT2D eigenvalue weighted by atomic mass is 10.2. The number of nitrogens with one attached hydrogen (secondary N) is 1. The van der Waals surface area contributed by atoms with E-state index in [1.807, 2.05) is 49.5 Å². The molecule has 0 spiro atoms. The van der Waals surface area contributed by atoms with E-state index in [1.165, 1.54) is 5.56 Å². The van der Waals surface area contributed by atoms with Crippen LogP contribution in [-0.4, -0.2) is 50.6 Å². The van der Waals surface area contributed by atoms with E-state index in [4.69, 9.17) is 4.74 Å². The van der Waals surface area contributed by atoms with E-state index in [1.54, 1.807) is 11.9 Å². The fourth-order valence-electron chi connectivity index (χ4n) is 3.15. The highest BCUT2D eigenvalue weighted by molar-refractivity contribution is 14.0. The second kappa shape index (κ2) is 10.9. The predicted octanol–water partition coefficient (Wildman–Crippen LogP) is 3.13. The summed E-state index contributed by atoms with van der Waals surface area (Å²) in [6.07, 6.45) is 0.818. The molecule has 6 nitrogen and oxygen atoms in total. The topological polar surface area (TPSA) is 57.2 Å². The number of carbonyl (C=O) groups is 1. The first-order valence-corrected chi connectivity index (χ1v) is 9.17. The SMILES string of the molecule is CN=C(NCCCN1C(=O)COc2ccccc21)N(C)Cc1ccccc1.I. The third-order valence-electron chi connectivity index (χ3n) is 4.49. The second-order valence-corrected chi connectivity index (χ2v) is 6.47. The van der Waals surface area contributed by atoms with E-state index >= 15 is 0 Å². The second-order valence-electron chi connectivity index (χ2n) is 6.47. The molecule has 1 aliphatic rings. The lowest BCUT2D eigenvalue weighted by Gasteiger charge is -2.29. The molecular weight excluding hydrogens is 467 g/mol. The van der Waals surface area contributed by atoms with E-state index in [0.29, 0.717) is 6.54 Å². The van der Waals surface area contributed by atoms with Crippen LogP contribution in [0.3, 0.4) is 0 Å². The Morgan fingerprint density at radius 2 is 1.89 bits per heavy atom. The van der Waals surface area contributed by atoms with Gasteiger partial charge in [0.25, 0.3) is 5.91 Å². The Kier molecular flexibility index (Phi) is 8.56. The molecule has 0 saturated carbocycles. The Morgan fingerprint density at radius 1 is 1.18 bits per heavy atom. The molecule has 1 amide bonds. The van der Waals surface area contributed by atoms with Crippen molar-refractivity contribution in [2.45, 2.75) is 13.0 Å². The summed E-state index contributed by atoms with van der Waals surface area (Å²) in [6, 6.07) is 18.0. The number of rotatable bonds is 6. The van der Waals surface area contributed by atoms with Gasteiger partial charge in [-0.15, -0.1) is 24.0 Å². The number of hydrogen-bond donors (Lipinski definition) is 1. The Balaban J connectivity index is 0.00000280. The summed E-state index contributed by atoms with van der Waals surface area (Å²) in [5, 5.41) is 3.37. The van der Waals surface area contributed by atoms with Crippen LogP contribution >= 0.6 is 24.0 Å². The van der Waals surface area contributed by atoms with E-state index in [-0.39, 0.29) is 36.5 Å². The molecule has 0 atom stereocenters. The van der Waals surface area contributed by atoms with E-state index in [9.17, 15) is 4.79 Å². The molecule has 1 aliphatic heterocycles. The maximum Gasteiger partial charge on any atom is 0.265 e. The van der Waals surface area contributed by atoms with E-state index < -0.39 is 0 Å². The van der Waals surface area contributed by atoms with Gasteiger partial charge in [0, 0.05) is 33.7 Å². The molecule has 0 radical (unpaired) electrons. The Morgan fingerprint density at radius 3 is 2.64 bits per heavy atom. The van der Waals surface area contributed by atoms with Gasteiger partial charge in [-0.05, 0) is 24.1 Å². The predicted molar refractivity (Wildman–Crippen MR) is 124 cm³/mol. The summed E-state index contributed by atoms with van der Waals surface area (Å²) in [6.45, 7) is 2.27. The molecule has 0 saturated heterocycles. The minimum absolute atomic E-state index is 0. The highest BCUT2D eigenvalue weighted by Crippen LogP contribution is 2.31. The van der Waals surface area contributed by atoms with Gasteiger partial charge in [-0.25, -0.2) is 0 Å². The minimum atomic E-state index is -0.000669. The number of halogens is 1. The van der Waals surface area contributed by atoms with Crippen molar-refractivity contribution in [1.29, 1.82) is 0 Å². The summed E-state index contributed by atoms with van der Waals surface area (Å²) in [7, 11) is 3.80. The van der Waals surface area contributed by atoms with Crippen LogP contribution in [0.15, 0.2) is 59.6 Å². The van der Waals surface area contributed by atoms with Crippen molar-refractivity contribution in [3.8, 4) is 5.75 Å². The summed E-state index contributed by atoms with van der Waals surface area (Å²) in [4.78, 5) is 20.4. The van der Waals surface area contributed by atoms with Crippen molar-refractivity contribution in [3.63, 3.8) is 0 Å². The monoisotopic (exact) mass is 494 g/mol. The molecule has 0 fully saturated rings. The fourth-order valence-corrected chi connectivity index (χ4v) is 3.15. The molecule has 3 rings (SSSR count). The van der Waals surface area contributed by atoms with Crippen molar-refractivity contribution in [2.75, 3.05) is 38.7 Å². The Labute approximate surface area is 183 Å². The lowest BCUT2D eigenvalue weighted by molar-refractivity contribution is -0.121. The van der Waals surface area contributed by atoms with Crippen LogP contribution in [0.2, 0.25) is 0 Å². The maximum absolute atomic E-state index is 12.2. The zero-order chi connectivity index (χ0) is 19.1. The number of aliphatic imine (C=N–C) groups is 1. The van der Waals surface area contributed by atoms with Crippen LogP contribution in [0.4, 0.5) is 5.69 Å². The van der Waals surface area contributed by atoms with E-state index in [0.717, 1.165) is 36.9 Å². The number of nitrogens with zero attached hydrogens (tertiary/aromatic N) is 3. The summed E-state index contributed by atoms with van der Waals surface area (Å²) < 4.78 is 5.48. The van der Waals surface area contributed by atoms with Crippen molar-refractivity contribution < 1.29 is 9.53 Å². The van der Waals surface area contributed by atoms with Crippen molar-refractivity contribution in [3.05, 3.63) is 60.2 Å². The first-order valence-electron chi connectivity index (χ1n) is 9.17. The quantitative estimate of drug-likeness (QED) is 0.290. The van der Waals surface area contributed by atoms with Crippen LogP contribution < -0.4 is 15.0 Å². The van der Waals surface area contributed by atoms with Gasteiger partial charge in [-0.2, -0.15) is 0 Å². The van der Waals surface area contributed by atoms with Gasteiger partial charge in [-0.1, -0.05) is 42.5 Å². The zero-order valence-electron chi connectivity index (χ0n) is 16.3. The van der Waals surface area contributed by atoms with E-state index in [2.05, 4.69) is 27.3 Å². The molecule has 0 bridgehead atoms. The molecule has 0 unspecified atom stereocenters. The van der Waals surface area contributed by atoms with Crippen LogP contribution in [0.5, 0.6) is 5.75 Å². The van der Waals surface area contributed by atoms with Crippen LogP contribution in [-0.2, 0) is 11.3 Å². The smallest absolute Gasteiger partial charge is 0.265 e. The number of anilines is 1. The van der Waals surface area contributed by atoms with Crippen LogP contribution in [0, 0.1) is 0 Å². The third-order valence-corrected chi connectivity index (χ3v) is 4.49. The Bertz CT molecular complexity index is 798. The largest absolute Gasteiger partial charge is 0.482 e. The number of carbonyl (C=O) groups excluding carboxylic acids is 1. The first-order chi connectivity index (χ1) is 13.2. The first kappa shape index (κ1) is 22.0. The molecule has 1 heterocycles. The van der Waals surface area contributed by atoms with Gasteiger partial charge in [0.15, 0.2) is 12.6 Å². The average Bonchev–Trinajstić information content (AvgIpc) is 2.70. The highest BCUT2D eigenvalue weighted by atomic mass is 127. The molecule has 7 heteroatoms. The molecular formula is C21H27IN4O2. The number of ether oxygens (including phenoxy) is 1. The van der Waals surface area contributed by atoms with Crippen molar-refractivity contribution in [2.24, 2.45) is 4.99 Å². The number of benzene rings is 2. The number of hydrogen-bond acceptors (Lipinski definition) is 3. The van der Waals surface area contributed by atoms with Crippen LogP contribution in [0.1, 0.15) is 12.0 Å². The molecule has 150 valence electrons. The standard InChI is InChI=1S/C21H26N4O2.HI/c1-22-21(24(2)15-17-9-4-3-5-10-17)23-13-8-14-25-18-11-6-7-12-19(18)27-16-20(25)26;/h3-7,9-12H,8,13-16H2,1-2H3,(H,22,23);1H. The third kappa shape index (κ3) is 5.60. The minimum Gasteiger partial charge on any atom is -0.482 e. The van der Waals surface area contributed by atoms with Crippen molar-refractivity contribution >= 4 is 41.5 Å². The number of fused-ring (bicyclic) bond motifs is 1. The number of amides is 1.